The van der Waals surface area contributed by atoms with Crippen LogP contribution in [0.15, 0.2) is 36.4 Å². The predicted molar refractivity (Wildman–Crippen MR) is 132 cm³/mol. The Morgan fingerprint density at radius 3 is 2.19 bits per heavy atom. The van der Waals surface area contributed by atoms with Crippen molar-refractivity contribution in [2.45, 2.75) is 58.0 Å². The summed E-state index contributed by atoms with van der Waals surface area (Å²) in [5.41, 5.74) is -0.521. The number of benzene rings is 2. The quantitative estimate of drug-likeness (QED) is 0.281. The molecule has 2 aromatic carbocycles. The lowest BCUT2D eigenvalue weighted by Gasteiger charge is -2.44. The van der Waals surface area contributed by atoms with Gasteiger partial charge in [-0.25, -0.2) is 8.78 Å². The van der Waals surface area contributed by atoms with E-state index in [4.69, 9.17) is 4.74 Å². The van der Waals surface area contributed by atoms with Crippen LogP contribution in [0.4, 0.5) is 22.0 Å². The van der Waals surface area contributed by atoms with Gasteiger partial charge in [-0.3, -0.25) is 4.79 Å². The van der Waals surface area contributed by atoms with Crippen LogP contribution in [0.3, 0.4) is 0 Å². The normalized spacial score (nSPS) is 19.4. The van der Waals surface area contributed by atoms with Gasteiger partial charge in [0.05, 0.1) is 17.6 Å². The summed E-state index contributed by atoms with van der Waals surface area (Å²) in [6, 6.07) is 7.19. The molecule has 2 unspecified atom stereocenters. The predicted octanol–water partition coefficient (Wildman–Crippen LogP) is 6.39. The van der Waals surface area contributed by atoms with Gasteiger partial charge < -0.3 is 14.8 Å². The highest BCUT2D eigenvalue weighted by atomic mass is 19.4. The van der Waals surface area contributed by atoms with Crippen LogP contribution in [-0.4, -0.2) is 25.3 Å². The molecular formula is C28H32F5NO3. The Hall–Kier alpha value is -3.41. The molecule has 4 rings (SSSR count). The topological polar surface area (TPSA) is 55.4 Å². The van der Waals surface area contributed by atoms with Gasteiger partial charge in [-0.15, -0.1) is 12.8 Å². The number of hydrogen-bond acceptors (Lipinski definition) is 3. The van der Waals surface area contributed by atoms with E-state index in [1.54, 1.807) is 6.92 Å². The number of hydrogen-bond donors (Lipinski definition) is 1. The van der Waals surface area contributed by atoms with Gasteiger partial charge in [0.25, 0.3) is 0 Å². The largest absolute Gasteiger partial charge is 0.490 e. The molecule has 1 N–H and O–H groups in total. The second-order valence-electron chi connectivity index (χ2n) is 8.60. The zero-order valence-electron chi connectivity index (χ0n) is 21.1. The molecule has 1 saturated carbocycles. The van der Waals surface area contributed by atoms with Gasteiger partial charge in [-0.1, -0.05) is 30.5 Å². The van der Waals surface area contributed by atoms with Gasteiger partial charge in [0.1, 0.15) is 12.1 Å². The van der Waals surface area contributed by atoms with E-state index in [1.807, 2.05) is 6.92 Å². The van der Waals surface area contributed by atoms with Crippen molar-refractivity contribution in [2.75, 3.05) is 13.2 Å². The lowest BCUT2D eigenvalue weighted by Crippen LogP contribution is -2.46. The Kier molecular flexibility index (Phi) is 12.3. The Balaban J connectivity index is 0.000000308. The van der Waals surface area contributed by atoms with E-state index < -0.39 is 28.8 Å². The maximum atomic E-state index is 14.0. The first-order valence-electron chi connectivity index (χ1n) is 11.8. The third kappa shape index (κ3) is 8.31. The molecule has 0 saturated heterocycles. The lowest BCUT2D eigenvalue weighted by atomic mass is 9.62. The summed E-state index contributed by atoms with van der Waals surface area (Å²) < 4.78 is 68.9. The molecule has 2 aliphatic rings. The van der Waals surface area contributed by atoms with Crippen LogP contribution in [0.5, 0.6) is 5.75 Å². The SMILES string of the molecule is C#C.CCNC(C)=O.Cc1ccc(C(F)(F)F)cc1.O=CC12CCCCC1COc1c(F)ccc(F)c12. The van der Waals surface area contributed by atoms with Crippen LogP contribution in [0.2, 0.25) is 0 Å². The Bertz CT molecular complexity index is 1050. The van der Waals surface area contributed by atoms with E-state index in [0.29, 0.717) is 13.0 Å². The van der Waals surface area contributed by atoms with E-state index in [-0.39, 0.29) is 23.1 Å². The van der Waals surface area contributed by atoms with Crippen molar-refractivity contribution < 1.29 is 36.3 Å². The molecule has 0 radical (unpaired) electrons. The fraction of sp³-hybridized carbons (Fsp3) is 0.429. The molecule has 2 aromatic rings. The number of halogens is 5. The van der Waals surface area contributed by atoms with Crippen LogP contribution in [0.25, 0.3) is 0 Å². The number of aryl methyl sites for hydroxylation is 1. The molecule has 1 heterocycles. The fourth-order valence-electron chi connectivity index (χ4n) is 4.33. The molecule has 0 aromatic heterocycles. The van der Waals surface area contributed by atoms with E-state index in [0.717, 1.165) is 61.9 Å². The average molecular weight is 526 g/mol. The number of carbonyl (C=O) groups excluding carboxylic acids is 2. The highest BCUT2D eigenvalue weighted by molar-refractivity contribution is 5.73. The molecule has 9 heteroatoms. The van der Waals surface area contributed by atoms with E-state index in [1.165, 1.54) is 19.1 Å². The van der Waals surface area contributed by atoms with Crippen LogP contribution >= 0.6 is 0 Å². The minimum absolute atomic E-state index is 0.0347. The van der Waals surface area contributed by atoms with Crippen LogP contribution in [0.1, 0.15) is 56.2 Å². The molecule has 0 spiro atoms. The van der Waals surface area contributed by atoms with Gasteiger partial charge in [0.2, 0.25) is 5.91 Å². The number of amides is 1. The van der Waals surface area contributed by atoms with Gasteiger partial charge in [-0.05, 0) is 51.0 Å². The molecule has 1 aliphatic carbocycles. The smallest absolute Gasteiger partial charge is 0.416 e. The third-order valence-electron chi connectivity index (χ3n) is 6.09. The fourth-order valence-corrected chi connectivity index (χ4v) is 4.33. The molecule has 37 heavy (non-hydrogen) atoms. The summed E-state index contributed by atoms with van der Waals surface area (Å²) in [5.74, 6) is -1.19. The van der Waals surface area contributed by atoms with Crippen LogP contribution in [-0.2, 0) is 21.2 Å². The van der Waals surface area contributed by atoms with Crippen molar-refractivity contribution in [1.29, 1.82) is 0 Å². The number of rotatable bonds is 2. The Morgan fingerprint density at radius 1 is 1.11 bits per heavy atom. The van der Waals surface area contributed by atoms with Crippen molar-refractivity contribution in [3.8, 4) is 18.6 Å². The van der Waals surface area contributed by atoms with Crippen molar-refractivity contribution in [3.63, 3.8) is 0 Å². The summed E-state index contributed by atoms with van der Waals surface area (Å²) in [6.07, 6.45) is 7.88. The second-order valence-corrected chi connectivity index (χ2v) is 8.60. The molecule has 1 amide bonds. The first kappa shape index (κ1) is 31.6. The molecule has 1 aliphatic heterocycles. The van der Waals surface area contributed by atoms with Gasteiger partial charge in [-0.2, -0.15) is 13.2 Å². The van der Waals surface area contributed by atoms with Gasteiger partial charge >= 0.3 is 6.18 Å². The Labute approximate surface area is 214 Å². The number of aldehydes is 1. The second kappa shape index (κ2) is 14.4. The summed E-state index contributed by atoms with van der Waals surface area (Å²) >= 11 is 0. The number of terminal acetylenes is 1. The first-order valence-corrected chi connectivity index (χ1v) is 11.8. The molecule has 202 valence electrons. The van der Waals surface area contributed by atoms with Crippen molar-refractivity contribution in [1.82, 2.24) is 5.32 Å². The Morgan fingerprint density at radius 2 is 1.70 bits per heavy atom. The molecule has 2 atom stereocenters. The number of carbonyl (C=O) groups is 2. The minimum Gasteiger partial charge on any atom is -0.490 e. The van der Waals surface area contributed by atoms with E-state index >= 15 is 0 Å². The third-order valence-corrected chi connectivity index (χ3v) is 6.09. The number of alkyl halides is 3. The molecular weight excluding hydrogens is 493 g/mol. The number of nitrogens with one attached hydrogen (secondary N) is 1. The summed E-state index contributed by atoms with van der Waals surface area (Å²) in [6.45, 7) is 6.17. The molecule has 4 nitrogen and oxygen atoms in total. The number of ether oxygens (including phenoxy) is 1. The first-order chi connectivity index (χ1) is 17.5. The highest BCUT2D eigenvalue weighted by Crippen LogP contribution is 2.50. The number of fused-ring (bicyclic) bond motifs is 3. The highest BCUT2D eigenvalue weighted by Gasteiger charge is 2.49. The van der Waals surface area contributed by atoms with Crippen LogP contribution in [0, 0.1) is 37.3 Å². The maximum Gasteiger partial charge on any atom is 0.416 e. The summed E-state index contributed by atoms with van der Waals surface area (Å²) in [5, 5.41) is 2.57. The average Bonchev–Trinajstić information content (AvgIpc) is 2.87. The zero-order valence-corrected chi connectivity index (χ0v) is 21.1. The van der Waals surface area contributed by atoms with Gasteiger partial charge in [0, 0.05) is 24.9 Å². The lowest BCUT2D eigenvalue weighted by molar-refractivity contribution is -0.137. The standard InChI is InChI=1S/C14H14F2O2.C8H7F3.C4H9NO.C2H2/c15-10-4-5-11(16)13-12(10)14(8-17)6-2-1-3-9(14)7-18-13;1-6-2-4-7(5-3-6)8(9,10)11;1-3-5-4(2)6;1-2/h4-5,8-9H,1-3,6-7H2;2-5H,1H3;3H2,1-2H3,(H,5,6);1-2H. The van der Waals surface area contributed by atoms with E-state index in [9.17, 15) is 31.5 Å². The molecule has 0 bridgehead atoms. The summed E-state index contributed by atoms with van der Waals surface area (Å²) in [4.78, 5) is 21.5. The van der Waals surface area contributed by atoms with E-state index in [2.05, 4.69) is 18.2 Å². The van der Waals surface area contributed by atoms with Crippen molar-refractivity contribution in [2.24, 2.45) is 5.92 Å². The summed E-state index contributed by atoms with van der Waals surface area (Å²) in [7, 11) is 0. The van der Waals surface area contributed by atoms with Crippen LogP contribution < -0.4 is 10.1 Å². The van der Waals surface area contributed by atoms with Crippen molar-refractivity contribution in [3.05, 3.63) is 64.7 Å². The monoisotopic (exact) mass is 525 g/mol. The zero-order chi connectivity index (χ0) is 28.2. The minimum atomic E-state index is -4.21. The molecule has 1 fully saturated rings. The maximum absolute atomic E-state index is 14.0. The van der Waals surface area contributed by atoms with Gasteiger partial charge in [0.15, 0.2) is 11.6 Å². The van der Waals surface area contributed by atoms with Crippen molar-refractivity contribution >= 4 is 12.2 Å².